The Morgan fingerprint density at radius 2 is 1.74 bits per heavy atom. The van der Waals surface area contributed by atoms with Crippen LogP contribution < -0.4 is 0 Å². The first kappa shape index (κ1) is 15.5. The Balaban J connectivity index is 1.81. The Kier molecular flexibility index (Phi) is 3.38. The summed E-state index contributed by atoms with van der Waals surface area (Å²) in [6.45, 7) is 7.31. The van der Waals surface area contributed by atoms with Crippen molar-refractivity contribution in [3.8, 4) is 5.75 Å². The summed E-state index contributed by atoms with van der Waals surface area (Å²) in [6.07, 6.45) is 11.7. The highest BCUT2D eigenvalue weighted by Crippen LogP contribution is 2.70. The maximum Gasteiger partial charge on any atom is 0.119 e. The summed E-state index contributed by atoms with van der Waals surface area (Å²) in [5, 5.41) is 10.8. The van der Waals surface area contributed by atoms with Crippen LogP contribution in [0.4, 0.5) is 0 Å². The molecule has 0 saturated heterocycles. The molecule has 5 rings (SSSR count). The molecule has 4 saturated carbocycles. The van der Waals surface area contributed by atoms with Gasteiger partial charge in [-0.15, -0.1) is 0 Å². The van der Waals surface area contributed by atoms with E-state index in [1.54, 1.807) is 0 Å². The zero-order valence-corrected chi connectivity index (χ0v) is 15.1. The number of phenolic OH excluding ortho intramolecular Hbond substituents is 1. The van der Waals surface area contributed by atoms with Crippen molar-refractivity contribution < 1.29 is 5.11 Å². The second-order valence-electron chi connectivity index (χ2n) is 9.83. The van der Waals surface area contributed by atoms with E-state index in [-0.39, 0.29) is 5.41 Å². The first-order valence-corrected chi connectivity index (χ1v) is 9.69. The lowest BCUT2D eigenvalue weighted by molar-refractivity contribution is -0.110. The summed E-state index contributed by atoms with van der Waals surface area (Å²) in [7, 11) is 0. The fourth-order valence-electron chi connectivity index (χ4n) is 7.50. The van der Waals surface area contributed by atoms with Crippen molar-refractivity contribution in [2.24, 2.45) is 16.7 Å². The number of hydrogen-bond acceptors (Lipinski definition) is 1. The molecule has 0 aliphatic heterocycles. The fraction of sp³-hybridized carbons (Fsp3) is 0.727. The Morgan fingerprint density at radius 1 is 1.04 bits per heavy atom. The third kappa shape index (κ3) is 2.42. The Hall–Kier alpha value is -0.980. The van der Waals surface area contributed by atoms with Crippen molar-refractivity contribution in [3.05, 3.63) is 29.3 Å². The molecule has 0 aromatic heterocycles. The Labute approximate surface area is 141 Å². The van der Waals surface area contributed by atoms with Gasteiger partial charge in [-0.05, 0) is 79.7 Å². The number of rotatable bonds is 4. The van der Waals surface area contributed by atoms with Gasteiger partial charge in [0.25, 0.3) is 0 Å². The van der Waals surface area contributed by atoms with E-state index in [9.17, 15) is 5.11 Å². The van der Waals surface area contributed by atoms with Crippen LogP contribution in [0.15, 0.2) is 18.2 Å². The first-order valence-electron chi connectivity index (χ1n) is 9.69. The van der Waals surface area contributed by atoms with E-state index >= 15 is 0 Å². The predicted molar refractivity (Wildman–Crippen MR) is 95.8 cm³/mol. The van der Waals surface area contributed by atoms with Gasteiger partial charge in [0.05, 0.1) is 0 Å². The van der Waals surface area contributed by atoms with Gasteiger partial charge in [0.15, 0.2) is 0 Å². The van der Waals surface area contributed by atoms with Gasteiger partial charge < -0.3 is 5.11 Å². The van der Waals surface area contributed by atoms with Gasteiger partial charge in [-0.2, -0.15) is 0 Å². The van der Waals surface area contributed by atoms with Gasteiger partial charge in [-0.1, -0.05) is 39.3 Å². The van der Waals surface area contributed by atoms with E-state index < -0.39 is 0 Å². The quantitative estimate of drug-likeness (QED) is 0.724. The van der Waals surface area contributed by atoms with Crippen LogP contribution in [0.1, 0.15) is 83.3 Å². The van der Waals surface area contributed by atoms with Gasteiger partial charge in [0.1, 0.15) is 5.75 Å². The van der Waals surface area contributed by atoms with E-state index in [0.29, 0.717) is 16.6 Å². The molecule has 126 valence electrons. The number of aryl methyl sites for hydroxylation is 1. The third-order valence-corrected chi connectivity index (χ3v) is 7.09. The molecule has 1 nitrogen and oxygen atoms in total. The molecule has 0 amide bonds. The van der Waals surface area contributed by atoms with E-state index in [1.807, 2.05) is 12.1 Å². The molecular weight excluding hydrogens is 280 g/mol. The van der Waals surface area contributed by atoms with Crippen molar-refractivity contribution in [1.82, 2.24) is 0 Å². The fourth-order valence-corrected chi connectivity index (χ4v) is 7.50. The number of phenols is 1. The molecular formula is C22H32O. The van der Waals surface area contributed by atoms with Gasteiger partial charge in [0.2, 0.25) is 0 Å². The Bertz CT molecular complexity index is 598. The monoisotopic (exact) mass is 312 g/mol. The van der Waals surface area contributed by atoms with E-state index in [2.05, 4.69) is 26.8 Å². The van der Waals surface area contributed by atoms with Crippen molar-refractivity contribution in [3.63, 3.8) is 0 Å². The molecule has 1 N–H and O–H groups in total. The number of benzene rings is 1. The topological polar surface area (TPSA) is 20.2 Å². The molecule has 1 aromatic carbocycles. The summed E-state index contributed by atoms with van der Waals surface area (Å²) in [5.74, 6) is 1.45. The first-order chi connectivity index (χ1) is 10.9. The highest BCUT2D eigenvalue weighted by atomic mass is 16.3. The highest BCUT2D eigenvalue weighted by molar-refractivity contribution is 5.47. The van der Waals surface area contributed by atoms with Crippen molar-refractivity contribution >= 4 is 0 Å². The van der Waals surface area contributed by atoms with Gasteiger partial charge >= 0.3 is 0 Å². The van der Waals surface area contributed by atoms with Gasteiger partial charge in [-0.3, -0.25) is 0 Å². The summed E-state index contributed by atoms with van der Waals surface area (Å²) in [5.41, 5.74) is 4.02. The predicted octanol–water partition coefficient (Wildman–Crippen LogP) is 5.98. The van der Waals surface area contributed by atoms with E-state index in [1.165, 1.54) is 62.5 Å². The molecule has 23 heavy (non-hydrogen) atoms. The summed E-state index contributed by atoms with van der Waals surface area (Å²) < 4.78 is 0. The zero-order valence-electron chi connectivity index (χ0n) is 15.1. The minimum absolute atomic E-state index is 0.247. The smallest absolute Gasteiger partial charge is 0.119 e. The van der Waals surface area contributed by atoms with Crippen molar-refractivity contribution in [2.75, 3.05) is 0 Å². The van der Waals surface area contributed by atoms with E-state index in [4.69, 9.17) is 0 Å². The normalized spacial score (nSPS) is 41.4. The maximum absolute atomic E-state index is 10.8. The van der Waals surface area contributed by atoms with Crippen LogP contribution >= 0.6 is 0 Å². The molecule has 0 spiro atoms. The van der Waals surface area contributed by atoms with Crippen molar-refractivity contribution in [1.29, 1.82) is 0 Å². The molecule has 2 atom stereocenters. The summed E-state index contributed by atoms with van der Waals surface area (Å²) in [6, 6.07) is 6.27. The zero-order chi connectivity index (χ0) is 16.3. The largest absolute Gasteiger partial charge is 0.508 e. The minimum atomic E-state index is 0.247. The molecule has 4 aliphatic carbocycles. The average molecular weight is 312 g/mol. The molecule has 0 radical (unpaired) electrons. The van der Waals surface area contributed by atoms with Crippen LogP contribution in [0, 0.1) is 16.7 Å². The molecule has 4 fully saturated rings. The van der Waals surface area contributed by atoms with Crippen LogP contribution in [0.25, 0.3) is 0 Å². The Morgan fingerprint density at radius 3 is 2.35 bits per heavy atom. The van der Waals surface area contributed by atoms with Crippen LogP contribution in [0.3, 0.4) is 0 Å². The number of aromatic hydroxyl groups is 1. The average Bonchev–Trinajstić information content (AvgIpc) is 2.40. The SMILES string of the molecule is CCCCc1cccc(O)c1C12CC3CC(C)(CC(C)(C3)C1)C2. The van der Waals surface area contributed by atoms with Crippen LogP contribution in [0.5, 0.6) is 5.75 Å². The number of hydrogen-bond donors (Lipinski definition) is 1. The van der Waals surface area contributed by atoms with Crippen LogP contribution in [0.2, 0.25) is 0 Å². The van der Waals surface area contributed by atoms with E-state index in [0.717, 1.165) is 12.3 Å². The molecule has 4 bridgehead atoms. The second-order valence-corrected chi connectivity index (χ2v) is 9.83. The summed E-state index contributed by atoms with van der Waals surface area (Å²) in [4.78, 5) is 0. The standard InChI is InChI=1S/C22H32O/c1-4-5-7-17-8-6-9-18(23)19(17)22-12-16-10-20(2,14-22)13-21(3,11-16)15-22/h6,8-9,16,23H,4-5,7,10-15H2,1-3H3. The molecule has 1 heteroatoms. The number of unbranched alkanes of at least 4 members (excludes halogenated alkanes) is 1. The van der Waals surface area contributed by atoms with Crippen molar-refractivity contribution in [2.45, 2.75) is 84.0 Å². The third-order valence-electron chi connectivity index (χ3n) is 7.09. The lowest BCUT2D eigenvalue weighted by atomic mass is 9.39. The van der Waals surface area contributed by atoms with Crippen LogP contribution in [-0.2, 0) is 11.8 Å². The molecule has 4 aliphatic rings. The highest BCUT2D eigenvalue weighted by Gasteiger charge is 2.61. The lowest BCUT2D eigenvalue weighted by Crippen LogP contribution is -2.57. The second kappa shape index (κ2) is 5.01. The maximum atomic E-state index is 10.8. The lowest BCUT2D eigenvalue weighted by Gasteiger charge is -2.66. The summed E-state index contributed by atoms with van der Waals surface area (Å²) >= 11 is 0. The molecule has 1 aromatic rings. The minimum Gasteiger partial charge on any atom is -0.508 e. The molecule has 0 heterocycles. The van der Waals surface area contributed by atoms with Gasteiger partial charge in [0, 0.05) is 11.0 Å². The molecule has 2 unspecified atom stereocenters. The van der Waals surface area contributed by atoms with Crippen LogP contribution in [-0.4, -0.2) is 5.11 Å². The van der Waals surface area contributed by atoms with Gasteiger partial charge in [-0.25, -0.2) is 0 Å².